The van der Waals surface area contributed by atoms with Crippen LogP contribution < -0.4 is 5.73 Å². The molecule has 0 saturated heterocycles. The highest BCUT2D eigenvalue weighted by Gasteiger charge is 2.32. The van der Waals surface area contributed by atoms with Crippen LogP contribution in [0, 0.1) is 0 Å². The lowest BCUT2D eigenvalue weighted by molar-refractivity contribution is 0.0199. The van der Waals surface area contributed by atoms with Crippen molar-refractivity contribution < 1.29 is 9.53 Å². The summed E-state index contributed by atoms with van der Waals surface area (Å²) >= 11 is 11.9. The molecule has 0 bridgehead atoms. The first kappa shape index (κ1) is 18.7. The summed E-state index contributed by atoms with van der Waals surface area (Å²) in [6, 6.07) is 3.78. The molecule has 2 aromatic heterocycles. The Morgan fingerprint density at radius 3 is 2.69 bits per heavy atom. The molecule has 0 unspecified atom stereocenters. The lowest BCUT2D eigenvalue weighted by Crippen LogP contribution is -2.42. The largest absolute Gasteiger partial charge is 0.444 e. The van der Waals surface area contributed by atoms with Crippen molar-refractivity contribution >= 4 is 34.9 Å². The molecule has 2 aromatic rings. The number of nitrogens with zero attached hydrogens (tertiary/aromatic N) is 3. The van der Waals surface area contributed by atoms with Crippen molar-refractivity contribution in [3.05, 3.63) is 40.8 Å². The number of hydrogen-bond acceptors (Lipinski definition) is 4. The highest BCUT2D eigenvalue weighted by atomic mass is 35.5. The third kappa shape index (κ3) is 3.54. The van der Waals surface area contributed by atoms with Crippen LogP contribution in [0.4, 0.5) is 4.79 Å². The fourth-order valence-electron chi connectivity index (χ4n) is 3.04. The van der Waals surface area contributed by atoms with E-state index < -0.39 is 5.60 Å². The van der Waals surface area contributed by atoms with Crippen LogP contribution in [-0.2, 0) is 17.8 Å². The van der Waals surface area contributed by atoms with E-state index in [1.807, 2.05) is 32.9 Å². The standard InChI is InChI=1S/C18H21ClN4O2S/c1-18(2,3)25-17(24)22-7-8-23-12(10-22)13(16(20)26)14(19)15(23)11-5-4-6-21-9-11/h4-6,9H,7-8,10H2,1-3H3,(H2,20,26). The normalized spacial score (nSPS) is 14.1. The Balaban J connectivity index is 2.03. The first-order chi connectivity index (χ1) is 12.2. The lowest BCUT2D eigenvalue weighted by Gasteiger charge is -2.32. The number of halogens is 1. The highest BCUT2D eigenvalue weighted by molar-refractivity contribution is 7.80. The number of carbonyl (C=O) groups excluding carboxylic acids is 1. The molecule has 1 amide bonds. The van der Waals surface area contributed by atoms with Crippen LogP contribution in [0.1, 0.15) is 32.0 Å². The predicted molar refractivity (Wildman–Crippen MR) is 105 cm³/mol. The smallest absolute Gasteiger partial charge is 0.410 e. The number of ether oxygens (including phenoxy) is 1. The molecular formula is C18H21ClN4O2S. The van der Waals surface area contributed by atoms with Gasteiger partial charge in [0.1, 0.15) is 10.6 Å². The zero-order valence-corrected chi connectivity index (χ0v) is 16.5. The number of pyridine rings is 1. The quantitative estimate of drug-likeness (QED) is 0.790. The van der Waals surface area contributed by atoms with Gasteiger partial charge in [0.2, 0.25) is 0 Å². The fraction of sp³-hybridized carbons (Fsp3) is 0.389. The maximum absolute atomic E-state index is 12.5. The van der Waals surface area contributed by atoms with Crippen molar-refractivity contribution in [3.63, 3.8) is 0 Å². The number of aromatic nitrogens is 2. The van der Waals surface area contributed by atoms with Crippen LogP contribution in [0.5, 0.6) is 0 Å². The van der Waals surface area contributed by atoms with E-state index in [-0.39, 0.29) is 11.1 Å². The maximum Gasteiger partial charge on any atom is 0.410 e. The molecule has 0 spiro atoms. The number of rotatable bonds is 2. The van der Waals surface area contributed by atoms with Crippen LogP contribution in [0.25, 0.3) is 11.3 Å². The average molecular weight is 393 g/mol. The first-order valence-electron chi connectivity index (χ1n) is 8.28. The van der Waals surface area contributed by atoms with Gasteiger partial charge in [0.05, 0.1) is 22.8 Å². The van der Waals surface area contributed by atoms with Crippen LogP contribution >= 0.6 is 23.8 Å². The molecule has 6 nitrogen and oxygen atoms in total. The number of hydrogen-bond donors (Lipinski definition) is 1. The summed E-state index contributed by atoms with van der Waals surface area (Å²) in [6.07, 6.45) is 3.09. The molecule has 138 valence electrons. The summed E-state index contributed by atoms with van der Waals surface area (Å²) < 4.78 is 7.55. The average Bonchev–Trinajstić information content (AvgIpc) is 2.85. The molecule has 0 saturated carbocycles. The topological polar surface area (TPSA) is 73.4 Å². The summed E-state index contributed by atoms with van der Waals surface area (Å²) in [4.78, 5) is 18.5. The van der Waals surface area contributed by atoms with Crippen LogP contribution in [0.15, 0.2) is 24.5 Å². The van der Waals surface area contributed by atoms with Gasteiger partial charge in [-0.2, -0.15) is 0 Å². The van der Waals surface area contributed by atoms with Gasteiger partial charge in [-0.15, -0.1) is 0 Å². The van der Waals surface area contributed by atoms with E-state index in [1.165, 1.54) is 0 Å². The van der Waals surface area contributed by atoms with E-state index >= 15 is 0 Å². The molecule has 0 fully saturated rings. The Kier molecular flexibility index (Phi) is 4.94. The Hall–Kier alpha value is -2.12. The molecule has 0 aromatic carbocycles. The molecule has 0 aliphatic carbocycles. The minimum atomic E-state index is -0.555. The number of carbonyl (C=O) groups is 1. The highest BCUT2D eigenvalue weighted by Crippen LogP contribution is 2.37. The second-order valence-corrected chi connectivity index (χ2v) is 7.96. The third-order valence-electron chi connectivity index (χ3n) is 4.08. The zero-order valence-electron chi connectivity index (χ0n) is 15.0. The predicted octanol–water partition coefficient (Wildman–Crippen LogP) is 3.59. The Labute approximate surface area is 162 Å². The molecule has 3 rings (SSSR count). The van der Waals surface area contributed by atoms with E-state index in [2.05, 4.69) is 9.55 Å². The monoisotopic (exact) mass is 392 g/mol. The van der Waals surface area contributed by atoms with E-state index in [0.29, 0.717) is 30.2 Å². The van der Waals surface area contributed by atoms with E-state index in [9.17, 15) is 4.79 Å². The van der Waals surface area contributed by atoms with Gasteiger partial charge in [-0.05, 0) is 32.9 Å². The summed E-state index contributed by atoms with van der Waals surface area (Å²) in [5.41, 5.74) is 8.51. The second kappa shape index (κ2) is 6.89. The lowest BCUT2D eigenvalue weighted by atomic mass is 10.1. The van der Waals surface area contributed by atoms with Gasteiger partial charge in [0.15, 0.2) is 0 Å². The number of nitrogens with two attached hydrogens (primary N) is 1. The molecule has 1 aliphatic heterocycles. The van der Waals surface area contributed by atoms with Crippen LogP contribution in [-0.4, -0.2) is 37.7 Å². The Morgan fingerprint density at radius 1 is 1.38 bits per heavy atom. The van der Waals surface area contributed by atoms with Crippen molar-refractivity contribution in [3.8, 4) is 11.3 Å². The molecular weight excluding hydrogens is 372 g/mol. The minimum absolute atomic E-state index is 0.208. The van der Waals surface area contributed by atoms with Crippen LogP contribution in [0.2, 0.25) is 5.02 Å². The fourth-order valence-corrected chi connectivity index (χ4v) is 3.74. The molecule has 26 heavy (non-hydrogen) atoms. The number of amides is 1. The summed E-state index contributed by atoms with van der Waals surface area (Å²) in [5, 5.41) is 0.492. The first-order valence-corrected chi connectivity index (χ1v) is 9.06. The van der Waals surface area contributed by atoms with Gasteiger partial charge < -0.3 is 19.9 Å². The van der Waals surface area contributed by atoms with E-state index in [0.717, 1.165) is 17.0 Å². The summed E-state index contributed by atoms with van der Waals surface area (Å²) in [5.74, 6) is 0. The van der Waals surface area contributed by atoms with Crippen molar-refractivity contribution in [1.29, 1.82) is 0 Å². The third-order valence-corrected chi connectivity index (χ3v) is 4.65. The SMILES string of the molecule is CC(C)(C)OC(=O)N1CCn2c(c(C(N)=S)c(Cl)c2-c2cccnc2)C1. The maximum atomic E-state index is 12.5. The van der Waals surface area contributed by atoms with E-state index in [1.54, 1.807) is 17.3 Å². The zero-order chi connectivity index (χ0) is 19.1. The van der Waals surface area contributed by atoms with Crippen molar-refractivity contribution in [1.82, 2.24) is 14.5 Å². The second-order valence-electron chi connectivity index (χ2n) is 7.14. The molecule has 8 heteroatoms. The van der Waals surface area contributed by atoms with Gasteiger partial charge in [-0.3, -0.25) is 4.98 Å². The molecule has 1 aliphatic rings. The minimum Gasteiger partial charge on any atom is -0.444 e. The van der Waals surface area contributed by atoms with Gasteiger partial charge in [0, 0.05) is 36.7 Å². The Morgan fingerprint density at radius 2 is 2.12 bits per heavy atom. The molecule has 0 radical (unpaired) electrons. The van der Waals surface area contributed by atoms with E-state index in [4.69, 9.17) is 34.3 Å². The van der Waals surface area contributed by atoms with Gasteiger partial charge in [0.25, 0.3) is 0 Å². The van der Waals surface area contributed by atoms with Gasteiger partial charge >= 0.3 is 6.09 Å². The Bertz CT molecular complexity index is 858. The van der Waals surface area contributed by atoms with Gasteiger partial charge in [-0.1, -0.05) is 23.8 Å². The number of thiocarbonyl (C=S) groups is 1. The summed E-state index contributed by atoms with van der Waals surface area (Å²) in [7, 11) is 0. The molecule has 0 atom stereocenters. The summed E-state index contributed by atoms with van der Waals surface area (Å²) in [6.45, 7) is 6.94. The van der Waals surface area contributed by atoms with Crippen molar-refractivity contribution in [2.24, 2.45) is 5.73 Å². The molecule has 3 heterocycles. The molecule has 2 N–H and O–H groups in total. The van der Waals surface area contributed by atoms with Crippen LogP contribution in [0.3, 0.4) is 0 Å². The van der Waals surface area contributed by atoms with Crippen molar-refractivity contribution in [2.45, 2.75) is 39.5 Å². The van der Waals surface area contributed by atoms with Gasteiger partial charge in [-0.25, -0.2) is 4.79 Å². The van der Waals surface area contributed by atoms with Crippen molar-refractivity contribution in [2.75, 3.05) is 6.54 Å². The number of fused-ring (bicyclic) bond motifs is 1.